The Morgan fingerprint density at radius 2 is 1.02 bits per heavy atom. The number of nitrogens with two attached hydrogens (primary N) is 1. The molecule has 0 aromatic rings. The lowest BCUT2D eigenvalue weighted by Gasteiger charge is -2.19. The van der Waals surface area contributed by atoms with Crippen LogP contribution in [0.5, 0.6) is 0 Å². The van der Waals surface area contributed by atoms with E-state index in [4.69, 9.17) is 24.3 Å². The van der Waals surface area contributed by atoms with E-state index in [0.717, 1.165) is 51.4 Å². The molecule has 0 saturated carbocycles. The molecule has 0 radical (unpaired) electrons. The van der Waals surface area contributed by atoms with Crippen molar-refractivity contribution in [3.63, 3.8) is 0 Å². The molecular weight excluding hydrogens is 665 g/mol. The molecule has 10 heteroatoms. The molecule has 0 aliphatic heterocycles. The molecule has 3 N–H and O–H groups in total. The average molecular weight is 740 g/mol. The van der Waals surface area contributed by atoms with E-state index < -0.39 is 32.5 Å². The Bertz CT molecular complexity index is 981. The molecule has 0 spiro atoms. The summed E-state index contributed by atoms with van der Waals surface area (Å²) in [6.07, 6.45) is 41.5. The van der Waals surface area contributed by atoms with Crippen molar-refractivity contribution >= 4 is 19.8 Å². The Labute approximate surface area is 311 Å². The lowest BCUT2D eigenvalue weighted by atomic mass is 10.1. The number of phosphoric ester groups is 1. The van der Waals surface area contributed by atoms with E-state index in [1.165, 1.54) is 77.0 Å². The van der Waals surface area contributed by atoms with Crippen molar-refractivity contribution in [1.82, 2.24) is 0 Å². The third kappa shape index (κ3) is 37.5. The molecule has 0 amide bonds. The first-order valence-corrected chi connectivity index (χ1v) is 21.6. The van der Waals surface area contributed by atoms with E-state index in [1.807, 2.05) is 0 Å². The molecule has 0 heterocycles. The maximum atomic E-state index is 12.5. The highest BCUT2D eigenvalue weighted by atomic mass is 31.2. The van der Waals surface area contributed by atoms with Crippen LogP contribution in [0.1, 0.15) is 168 Å². The first-order valence-electron chi connectivity index (χ1n) is 20.1. The quantitative estimate of drug-likeness (QED) is 0.0276. The van der Waals surface area contributed by atoms with Gasteiger partial charge < -0.3 is 20.1 Å². The van der Waals surface area contributed by atoms with Crippen molar-refractivity contribution in [3.05, 3.63) is 48.6 Å². The van der Waals surface area contributed by atoms with Crippen LogP contribution in [0.2, 0.25) is 0 Å². The molecule has 0 saturated heterocycles. The Morgan fingerprint density at radius 3 is 1.57 bits per heavy atom. The molecule has 0 aliphatic rings. The molecule has 0 aromatic carbocycles. The van der Waals surface area contributed by atoms with Crippen molar-refractivity contribution < 1.29 is 37.6 Å². The SMILES string of the molecule is CCCCC/C=C/C/C=C/C/C=C/CCCCC(=O)OC[C@H](COP(=O)(O)OCCN)OC(=O)CCCC/C=C/CCCCCCCCCCC. The first-order chi connectivity index (χ1) is 24.8. The van der Waals surface area contributed by atoms with E-state index in [-0.39, 0.29) is 32.6 Å². The number of carbonyl (C=O) groups is 2. The molecular formula is C41H74NO8P. The predicted molar refractivity (Wildman–Crippen MR) is 210 cm³/mol. The van der Waals surface area contributed by atoms with Crippen molar-refractivity contribution in [3.8, 4) is 0 Å². The zero-order valence-electron chi connectivity index (χ0n) is 32.3. The Hall–Kier alpha value is -2.03. The van der Waals surface area contributed by atoms with Gasteiger partial charge >= 0.3 is 19.8 Å². The van der Waals surface area contributed by atoms with Crippen molar-refractivity contribution in [2.75, 3.05) is 26.4 Å². The molecule has 0 fully saturated rings. The molecule has 9 nitrogen and oxygen atoms in total. The van der Waals surface area contributed by atoms with Crippen molar-refractivity contribution in [2.24, 2.45) is 5.73 Å². The third-order valence-corrected chi connectivity index (χ3v) is 9.17. The maximum absolute atomic E-state index is 12.5. The summed E-state index contributed by atoms with van der Waals surface area (Å²) in [4.78, 5) is 34.7. The number of unbranched alkanes of at least 4 members (excludes halogenated alkanes) is 16. The summed E-state index contributed by atoms with van der Waals surface area (Å²) in [6, 6.07) is 0. The van der Waals surface area contributed by atoms with Crippen molar-refractivity contribution in [1.29, 1.82) is 0 Å². The number of hydrogen-bond donors (Lipinski definition) is 2. The Balaban J connectivity index is 4.30. The van der Waals surface area contributed by atoms with Gasteiger partial charge in [0.15, 0.2) is 6.10 Å². The summed E-state index contributed by atoms with van der Waals surface area (Å²) < 4.78 is 32.6. The van der Waals surface area contributed by atoms with E-state index in [1.54, 1.807) is 0 Å². The largest absolute Gasteiger partial charge is 0.472 e. The number of ether oxygens (including phenoxy) is 2. The predicted octanol–water partition coefficient (Wildman–Crippen LogP) is 11.2. The minimum absolute atomic E-state index is 0.0440. The number of esters is 2. The molecule has 51 heavy (non-hydrogen) atoms. The van der Waals surface area contributed by atoms with E-state index >= 15 is 0 Å². The zero-order chi connectivity index (χ0) is 37.5. The summed E-state index contributed by atoms with van der Waals surface area (Å²) in [5.41, 5.74) is 5.33. The fraction of sp³-hybridized carbons (Fsp3) is 0.756. The summed E-state index contributed by atoms with van der Waals surface area (Å²) in [6.45, 7) is 3.62. The summed E-state index contributed by atoms with van der Waals surface area (Å²) >= 11 is 0. The number of rotatable bonds is 37. The maximum Gasteiger partial charge on any atom is 0.472 e. The van der Waals surface area contributed by atoms with Gasteiger partial charge in [-0.1, -0.05) is 127 Å². The van der Waals surface area contributed by atoms with Gasteiger partial charge in [-0.25, -0.2) is 4.57 Å². The van der Waals surface area contributed by atoms with Gasteiger partial charge in [0.1, 0.15) is 6.61 Å². The highest BCUT2D eigenvalue weighted by molar-refractivity contribution is 7.47. The summed E-state index contributed by atoms with van der Waals surface area (Å²) in [5, 5.41) is 0. The fourth-order valence-corrected chi connectivity index (χ4v) is 5.93. The molecule has 296 valence electrons. The van der Waals surface area contributed by atoms with Gasteiger partial charge in [0, 0.05) is 19.4 Å². The number of allylic oxidation sites excluding steroid dienone is 8. The van der Waals surface area contributed by atoms with Gasteiger partial charge in [0.05, 0.1) is 13.2 Å². The van der Waals surface area contributed by atoms with Crippen LogP contribution in [0.25, 0.3) is 0 Å². The van der Waals surface area contributed by atoms with Gasteiger partial charge in [0.2, 0.25) is 0 Å². The second kappa shape index (κ2) is 37.7. The Morgan fingerprint density at radius 1 is 0.588 bits per heavy atom. The molecule has 2 atom stereocenters. The fourth-order valence-electron chi connectivity index (χ4n) is 5.16. The standard InChI is InChI=1S/C41H74NO8P/c1-3-5-7-9-11-13-15-17-19-21-23-25-27-29-31-33-40(43)47-37-39(38-49-51(45,46)48-36-35-42)50-41(44)34-32-30-28-26-24-22-20-18-16-14-12-10-8-6-4-2/h11,13,17,19,23-26,39H,3-10,12,14-16,18,20-22,27-38,42H2,1-2H3,(H,45,46)/b13-11+,19-17+,25-23+,26-24+/t39-/m1/s1. The highest BCUT2D eigenvalue weighted by Crippen LogP contribution is 2.43. The van der Waals surface area contributed by atoms with E-state index in [9.17, 15) is 19.0 Å². The number of hydrogen-bond acceptors (Lipinski definition) is 8. The topological polar surface area (TPSA) is 134 Å². The van der Waals surface area contributed by atoms with Crippen LogP contribution in [0.3, 0.4) is 0 Å². The minimum Gasteiger partial charge on any atom is -0.462 e. The van der Waals surface area contributed by atoms with Crippen molar-refractivity contribution in [2.45, 2.75) is 174 Å². The van der Waals surface area contributed by atoms with Crippen LogP contribution in [0, 0.1) is 0 Å². The lowest BCUT2D eigenvalue weighted by Crippen LogP contribution is -2.29. The van der Waals surface area contributed by atoms with E-state index in [2.05, 4.69) is 62.5 Å². The normalized spacial score (nSPS) is 13.9. The van der Waals surface area contributed by atoms with Gasteiger partial charge in [-0.15, -0.1) is 0 Å². The first kappa shape index (κ1) is 49.0. The number of carbonyl (C=O) groups excluding carboxylic acids is 2. The third-order valence-electron chi connectivity index (χ3n) is 8.19. The number of phosphoric acid groups is 1. The van der Waals surface area contributed by atoms with Gasteiger partial charge in [-0.3, -0.25) is 18.6 Å². The molecule has 0 bridgehead atoms. The van der Waals surface area contributed by atoms with Gasteiger partial charge in [0.25, 0.3) is 0 Å². The zero-order valence-corrected chi connectivity index (χ0v) is 33.2. The molecule has 0 rings (SSSR count). The molecule has 0 aliphatic carbocycles. The van der Waals surface area contributed by atoms with E-state index in [0.29, 0.717) is 12.8 Å². The smallest absolute Gasteiger partial charge is 0.462 e. The van der Waals surface area contributed by atoms with Crippen LogP contribution in [0.15, 0.2) is 48.6 Å². The summed E-state index contributed by atoms with van der Waals surface area (Å²) in [5.74, 6) is -0.902. The highest BCUT2D eigenvalue weighted by Gasteiger charge is 2.25. The minimum atomic E-state index is -4.39. The lowest BCUT2D eigenvalue weighted by molar-refractivity contribution is -0.161. The van der Waals surface area contributed by atoms with Crippen LogP contribution >= 0.6 is 7.82 Å². The monoisotopic (exact) mass is 740 g/mol. The van der Waals surface area contributed by atoms with Gasteiger partial charge in [-0.2, -0.15) is 0 Å². The second-order valence-electron chi connectivity index (χ2n) is 13.1. The summed E-state index contributed by atoms with van der Waals surface area (Å²) in [7, 11) is -4.39. The average Bonchev–Trinajstić information content (AvgIpc) is 3.11. The molecule has 1 unspecified atom stereocenters. The van der Waals surface area contributed by atoms with Gasteiger partial charge in [-0.05, 0) is 77.0 Å². The second-order valence-corrected chi connectivity index (χ2v) is 14.6. The molecule has 0 aromatic heterocycles. The van der Waals surface area contributed by atoms with Crippen LogP contribution in [0.4, 0.5) is 0 Å². The Kier molecular flexibility index (Phi) is 36.2. The van der Waals surface area contributed by atoms with Crippen LogP contribution < -0.4 is 5.73 Å². The van der Waals surface area contributed by atoms with Crippen LogP contribution in [-0.2, 0) is 32.7 Å². The van der Waals surface area contributed by atoms with Crippen LogP contribution in [-0.4, -0.2) is 49.3 Å².